The molecular formula is C50H38IrN2OS-2. The number of hydrogen-bond acceptors (Lipinski definition) is 4. The molecule has 0 amide bonds. The molecule has 55 heavy (non-hydrogen) atoms. The summed E-state index contributed by atoms with van der Waals surface area (Å²) in [5.41, 5.74) is 4.45. The molecule has 0 spiro atoms. The van der Waals surface area contributed by atoms with E-state index in [9.17, 15) is 0 Å². The van der Waals surface area contributed by atoms with Gasteiger partial charge < -0.3 is 9.40 Å². The van der Waals surface area contributed by atoms with E-state index in [1.165, 1.54) is 10.9 Å². The first kappa shape index (κ1) is 28.9. The van der Waals surface area contributed by atoms with Gasteiger partial charge in [-0.2, -0.15) is 11.3 Å². The molecule has 0 saturated carbocycles. The zero-order chi connectivity index (χ0) is 42.8. The third-order valence-electron chi connectivity index (χ3n) is 9.77. The zero-order valence-corrected chi connectivity index (χ0v) is 33.5. The summed E-state index contributed by atoms with van der Waals surface area (Å²) in [6.07, 6.45) is 1.26. The number of aromatic nitrogens is 2. The number of furan rings is 1. The Balaban J connectivity index is 0.000000277. The largest absolute Gasteiger partial charge is 0.501 e. The van der Waals surface area contributed by atoms with E-state index < -0.39 is 19.1 Å². The van der Waals surface area contributed by atoms with E-state index in [2.05, 4.69) is 58.5 Å². The van der Waals surface area contributed by atoms with Crippen molar-refractivity contribution in [2.75, 3.05) is 0 Å². The smallest absolute Gasteiger partial charge is 0.121 e. The number of nitrogens with zero attached hydrogens (tertiary/aromatic N) is 2. The van der Waals surface area contributed by atoms with Crippen LogP contribution in [0.3, 0.4) is 0 Å². The summed E-state index contributed by atoms with van der Waals surface area (Å²) >= 11 is 1.71. The van der Waals surface area contributed by atoms with Crippen molar-refractivity contribution in [2.45, 2.75) is 39.9 Å². The van der Waals surface area contributed by atoms with Crippen molar-refractivity contribution in [3.05, 3.63) is 168 Å². The van der Waals surface area contributed by atoms with Gasteiger partial charge in [-0.1, -0.05) is 104 Å². The van der Waals surface area contributed by atoms with Crippen molar-refractivity contribution in [1.29, 1.82) is 0 Å². The Morgan fingerprint density at radius 1 is 0.709 bits per heavy atom. The predicted molar refractivity (Wildman–Crippen MR) is 228 cm³/mol. The van der Waals surface area contributed by atoms with Crippen molar-refractivity contribution < 1.29 is 34.1 Å². The van der Waals surface area contributed by atoms with Gasteiger partial charge >= 0.3 is 0 Å². The quantitative estimate of drug-likeness (QED) is 0.131. The Hall–Kier alpha value is -5.45. The monoisotopic (exact) mass is 914 g/mol. The van der Waals surface area contributed by atoms with Gasteiger partial charge in [-0.3, -0.25) is 4.98 Å². The summed E-state index contributed by atoms with van der Waals surface area (Å²) in [6, 6.07) is 47.5. The normalized spacial score (nSPS) is 13.9. The van der Waals surface area contributed by atoms with Crippen LogP contribution in [0.4, 0.5) is 0 Å². The minimum atomic E-state index is -2.61. The Labute approximate surface area is 348 Å². The molecule has 0 atom stereocenters. The maximum atomic E-state index is 8.98. The van der Waals surface area contributed by atoms with Crippen molar-refractivity contribution in [3.63, 3.8) is 0 Å². The van der Waals surface area contributed by atoms with Crippen LogP contribution < -0.4 is 0 Å². The van der Waals surface area contributed by atoms with E-state index in [1.807, 2.05) is 87.5 Å². The Morgan fingerprint density at radius 2 is 1.53 bits per heavy atom. The van der Waals surface area contributed by atoms with Crippen LogP contribution in [0.1, 0.15) is 47.1 Å². The number of rotatable bonds is 3. The Bertz CT molecular complexity index is 3260. The molecule has 0 fully saturated rings. The van der Waals surface area contributed by atoms with Gasteiger partial charge in [-0.05, 0) is 98.4 Å². The molecule has 1 radical (unpaired) electrons. The fourth-order valence-electron chi connectivity index (χ4n) is 6.90. The summed E-state index contributed by atoms with van der Waals surface area (Å²) in [7, 11) is 0. The van der Waals surface area contributed by atoms with Crippen molar-refractivity contribution >= 4 is 65.0 Å². The van der Waals surface area contributed by atoms with Crippen LogP contribution in [0.15, 0.2) is 144 Å². The van der Waals surface area contributed by atoms with Gasteiger partial charge in [0.15, 0.2) is 0 Å². The second-order valence-corrected chi connectivity index (χ2v) is 15.4. The van der Waals surface area contributed by atoms with Gasteiger partial charge in [-0.15, -0.1) is 54.1 Å². The summed E-state index contributed by atoms with van der Waals surface area (Å²) in [5.74, 6) is 0. The van der Waals surface area contributed by atoms with Crippen LogP contribution in [0.5, 0.6) is 0 Å². The molecule has 0 bridgehead atoms. The van der Waals surface area contributed by atoms with Crippen molar-refractivity contribution in [2.24, 2.45) is 0 Å². The molecule has 10 aromatic rings. The maximum absolute atomic E-state index is 8.98. The fourth-order valence-corrected chi connectivity index (χ4v) is 7.85. The first-order valence-electron chi connectivity index (χ1n) is 21.2. The molecule has 0 aliphatic rings. The molecule has 0 aliphatic heterocycles. The molecule has 0 aliphatic carbocycles. The van der Waals surface area contributed by atoms with Gasteiger partial charge in [0.1, 0.15) is 5.58 Å². The van der Waals surface area contributed by atoms with E-state index in [4.69, 9.17) is 14.0 Å². The molecule has 3 heterocycles. The number of benzene rings is 7. The molecule has 3 aromatic heterocycles. The van der Waals surface area contributed by atoms with E-state index in [-0.39, 0.29) is 48.4 Å². The third-order valence-corrected chi connectivity index (χ3v) is 10.8. The topological polar surface area (TPSA) is 38.9 Å². The average molecular weight is 914 g/mol. The van der Waals surface area contributed by atoms with Crippen LogP contribution in [-0.4, -0.2) is 9.97 Å². The van der Waals surface area contributed by atoms with Gasteiger partial charge in [0.2, 0.25) is 0 Å². The van der Waals surface area contributed by atoms with E-state index in [1.54, 1.807) is 35.6 Å². The summed E-state index contributed by atoms with van der Waals surface area (Å²) in [5, 5.41) is 7.20. The average Bonchev–Trinajstić information content (AvgIpc) is 3.84. The van der Waals surface area contributed by atoms with Crippen LogP contribution >= 0.6 is 11.3 Å². The standard InChI is InChI=1S/C37H30NO.C13H8NS.Ir/c1-22-17-26(37(3,4)5)15-16-27(22)31-19-34(38-21-23(31)2)30-12-8-11-29-33-18-25-14-13-24-9-6-7-10-28(24)32(25)20-35(33)39-36(29)30;1-2-6-10(7-3-1)13-14-11-8-4-5-9-12(11)15-13;/h6-11,13-21H,1-5H3;1-6,8-9H;/q2*-1;/i1D3,2D3,16D;;. The predicted octanol–water partition coefficient (Wildman–Crippen LogP) is 14.1. The molecule has 0 unspecified atom stereocenters. The molecule has 5 heteroatoms. The Kier molecular flexibility index (Phi) is 7.70. The second-order valence-electron chi connectivity index (χ2n) is 14.4. The van der Waals surface area contributed by atoms with Gasteiger partial charge in [-0.25, -0.2) is 0 Å². The van der Waals surface area contributed by atoms with E-state index in [0.717, 1.165) is 48.4 Å². The van der Waals surface area contributed by atoms with Crippen LogP contribution in [0, 0.1) is 25.8 Å². The first-order valence-corrected chi connectivity index (χ1v) is 18.5. The van der Waals surface area contributed by atoms with E-state index in [0.29, 0.717) is 28.0 Å². The van der Waals surface area contributed by atoms with Crippen LogP contribution in [0.25, 0.3) is 86.7 Å². The van der Waals surface area contributed by atoms with Crippen molar-refractivity contribution in [1.82, 2.24) is 9.97 Å². The number of fused-ring (bicyclic) bond motifs is 7. The van der Waals surface area contributed by atoms with Gasteiger partial charge in [0, 0.05) is 49.6 Å². The number of aryl methyl sites for hydroxylation is 2. The number of para-hydroxylation sites is 1. The molecule has 10 rings (SSSR count). The minimum Gasteiger partial charge on any atom is -0.501 e. The van der Waals surface area contributed by atoms with Gasteiger partial charge in [0.05, 0.1) is 12.5 Å². The number of hydrogen-bond donors (Lipinski definition) is 0. The molecule has 0 saturated heterocycles. The summed E-state index contributed by atoms with van der Waals surface area (Å²) < 4.78 is 66.6. The first-order chi connectivity index (χ1) is 29.0. The van der Waals surface area contributed by atoms with E-state index >= 15 is 0 Å². The second kappa shape index (κ2) is 14.7. The van der Waals surface area contributed by atoms with Crippen molar-refractivity contribution in [3.8, 4) is 33.0 Å². The van der Waals surface area contributed by atoms with Gasteiger partial charge in [0.25, 0.3) is 0 Å². The summed E-state index contributed by atoms with van der Waals surface area (Å²) in [6.45, 7) is 0.619. The summed E-state index contributed by atoms with van der Waals surface area (Å²) in [4.78, 5) is 9.11. The molecule has 7 aromatic carbocycles. The third kappa shape index (κ3) is 6.89. The Morgan fingerprint density at radius 3 is 2.35 bits per heavy atom. The molecule has 271 valence electrons. The zero-order valence-electron chi connectivity index (χ0n) is 37.2. The molecule has 3 nitrogen and oxygen atoms in total. The fraction of sp³-hybridized carbons (Fsp3) is 0.120. The minimum absolute atomic E-state index is 0. The number of pyridine rings is 1. The maximum Gasteiger partial charge on any atom is 0.121 e. The SMILES string of the molecule is [2H]c1cc(C(C)(C)C)cc(C([2H])([2H])[2H])c1-c1cc(-c2[c-]ccc3c2oc2cc4c(ccc5ccccc54)cc23)ncc1C([2H])([2H])[2H].[Ir].[c-]1ccccc1-c1nc2ccccc2s1. The number of thiazole rings is 1. The molecular weight excluding hydrogens is 869 g/mol. The molecule has 0 N–H and O–H groups in total. The van der Waals surface area contributed by atoms with Crippen LogP contribution in [-0.2, 0) is 25.5 Å². The van der Waals surface area contributed by atoms with Crippen LogP contribution in [0.2, 0.25) is 0 Å².